The summed E-state index contributed by atoms with van der Waals surface area (Å²) in [6.45, 7) is 6.21. The topological polar surface area (TPSA) is 54.0 Å². The zero-order valence-corrected chi connectivity index (χ0v) is 12.7. The zero-order valence-electron chi connectivity index (χ0n) is 12.7. The molecule has 2 aromatic rings. The maximum Gasteiger partial charge on any atom is 0.256 e. The van der Waals surface area contributed by atoms with E-state index in [0.717, 1.165) is 17.7 Å². The maximum absolute atomic E-state index is 12.1. The third kappa shape index (κ3) is 4.31. The van der Waals surface area contributed by atoms with Gasteiger partial charge in [0.1, 0.15) is 5.82 Å². The lowest BCUT2D eigenvalue weighted by Crippen LogP contribution is -2.15. The van der Waals surface area contributed by atoms with Crippen LogP contribution in [0.1, 0.15) is 36.2 Å². The normalized spacial score (nSPS) is 11.8. The molecule has 1 aromatic heterocycles. The Hall–Kier alpha value is -2.36. The Kier molecular flexibility index (Phi) is 4.93. The first-order valence-electron chi connectivity index (χ1n) is 7.19. The molecule has 0 spiro atoms. The number of benzene rings is 1. The number of carbonyl (C=O) groups excluding carboxylic acids is 1. The first kappa shape index (κ1) is 15.0. The Morgan fingerprint density at radius 3 is 2.71 bits per heavy atom. The van der Waals surface area contributed by atoms with Crippen LogP contribution in [0.3, 0.4) is 0 Å². The Morgan fingerprint density at radius 2 is 2.10 bits per heavy atom. The molecule has 1 unspecified atom stereocenters. The highest BCUT2D eigenvalue weighted by atomic mass is 16.1. The highest BCUT2D eigenvalue weighted by molar-refractivity contribution is 6.03. The van der Waals surface area contributed by atoms with Gasteiger partial charge in [-0.1, -0.05) is 24.6 Å². The molecule has 4 heteroatoms. The Morgan fingerprint density at radius 1 is 1.29 bits per heavy atom. The van der Waals surface area contributed by atoms with Crippen molar-refractivity contribution in [3.8, 4) is 0 Å². The molecule has 0 bridgehead atoms. The molecule has 0 aliphatic heterocycles. The molecule has 0 saturated heterocycles. The lowest BCUT2D eigenvalue weighted by molar-refractivity contribution is 0.102. The van der Waals surface area contributed by atoms with E-state index in [1.807, 2.05) is 31.2 Å². The van der Waals surface area contributed by atoms with Crippen LogP contribution < -0.4 is 10.6 Å². The van der Waals surface area contributed by atoms with Crippen LogP contribution in [0.15, 0.2) is 42.6 Å². The predicted octanol–water partition coefficient (Wildman–Crippen LogP) is 3.85. The second-order valence-electron chi connectivity index (χ2n) is 5.21. The minimum Gasteiger partial charge on any atom is -0.381 e. The van der Waals surface area contributed by atoms with E-state index in [2.05, 4.69) is 29.5 Å². The smallest absolute Gasteiger partial charge is 0.256 e. The number of rotatable bonds is 5. The van der Waals surface area contributed by atoms with Crippen molar-refractivity contribution in [2.75, 3.05) is 10.6 Å². The average Bonchev–Trinajstić information content (AvgIpc) is 2.49. The van der Waals surface area contributed by atoms with Crippen molar-refractivity contribution in [2.24, 2.45) is 0 Å². The lowest BCUT2D eigenvalue weighted by atomic mass is 10.1. The van der Waals surface area contributed by atoms with Gasteiger partial charge in [-0.3, -0.25) is 4.79 Å². The summed E-state index contributed by atoms with van der Waals surface area (Å²) in [4.78, 5) is 16.4. The molecule has 2 N–H and O–H groups in total. The number of carbonyl (C=O) groups is 1. The molecular formula is C17H21N3O. The van der Waals surface area contributed by atoms with Crippen molar-refractivity contribution >= 4 is 17.4 Å². The van der Waals surface area contributed by atoms with Crippen LogP contribution in [0.25, 0.3) is 0 Å². The van der Waals surface area contributed by atoms with Crippen LogP contribution in [0.5, 0.6) is 0 Å². The summed E-state index contributed by atoms with van der Waals surface area (Å²) in [5.74, 6) is 0.407. The first-order valence-corrected chi connectivity index (χ1v) is 7.19. The molecule has 1 heterocycles. The van der Waals surface area contributed by atoms with Gasteiger partial charge in [0.05, 0.1) is 11.9 Å². The van der Waals surface area contributed by atoms with Gasteiger partial charge in [0.25, 0.3) is 5.91 Å². The molecule has 0 aliphatic carbocycles. The van der Waals surface area contributed by atoms with Crippen LogP contribution >= 0.6 is 0 Å². The number of aromatic nitrogens is 1. The summed E-state index contributed by atoms with van der Waals surface area (Å²) in [5.41, 5.74) is 2.65. The Bertz CT molecular complexity index is 608. The summed E-state index contributed by atoms with van der Waals surface area (Å²) < 4.78 is 0. The summed E-state index contributed by atoms with van der Waals surface area (Å²) in [7, 11) is 0. The Balaban J connectivity index is 2.01. The van der Waals surface area contributed by atoms with Gasteiger partial charge in [0.2, 0.25) is 0 Å². The second kappa shape index (κ2) is 6.88. The molecule has 0 aliphatic rings. The van der Waals surface area contributed by atoms with Crippen LogP contribution in [0.4, 0.5) is 11.5 Å². The van der Waals surface area contributed by atoms with Crippen molar-refractivity contribution < 1.29 is 4.79 Å². The van der Waals surface area contributed by atoms with Crippen molar-refractivity contribution in [1.29, 1.82) is 0 Å². The monoisotopic (exact) mass is 283 g/mol. The summed E-state index contributed by atoms with van der Waals surface area (Å²) in [6, 6.07) is 11.6. The van der Waals surface area contributed by atoms with E-state index in [1.54, 1.807) is 18.3 Å². The van der Waals surface area contributed by atoms with Crippen molar-refractivity contribution in [2.45, 2.75) is 33.2 Å². The van der Waals surface area contributed by atoms with Crippen LogP contribution in [0.2, 0.25) is 0 Å². The minimum absolute atomic E-state index is 0.145. The van der Waals surface area contributed by atoms with E-state index in [1.165, 1.54) is 0 Å². The van der Waals surface area contributed by atoms with Crippen molar-refractivity contribution in [3.63, 3.8) is 0 Å². The maximum atomic E-state index is 12.1. The number of anilines is 2. The highest BCUT2D eigenvalue weighted by Gasteiger charge is 2.07. The van der Waals surface area contributed by atoms with E-state index >= 15 is 0 Å². The number of amides is 1. The fourth-order valence-electron chi connectivity index (χ4n) is 1.91. The quantitative estimate of drug-likeness (QED) is 0.876. The van der Waals surface area contributed by atoms with E-state index in [-0.39, 0.29) is 5.91 Å². The van der Waals surface area contributed by atoms with Crippen molar-refractivity contribution in [3.05, 3.63) is 53.7 Å². The molecule has 2 rings (SSSR count). The highest BCUT2D eigenvalue weighted by Crippen LogP contribution is 2.13. The summed E-state index contributed by atoms with van der Waals surface area (Å²) in [5, 5.41) is 6.14. The molecule has 0 fully saturated rings. The molecule has 0 saturated carbocycles. The number of nitrogens with zero attached hydrogens (tertiary/aromatic N) is 1. The van der Waals surface area contributed by atoms with Gasteiger partial charge in [0.15, 0.2) is 0 Å². The molecule has 1 aromatic carbocycles. The number of nitrogens with one attached hydrogen (secondary N) is 2. The van der Waals surface area contributed by atoms with E-state index in [0.29, 0.717) is 17.4 Å². The molecule has 1 amide bonds. The summed E-state index contributed by atoms with van der Waals surface area (Å²) >= 11 is 0. The standard InChI is InChI=1S/C17H21N3O/c1-4-13(3)19-15-8-9-16(18-11-15)20-17(21)14-7-5-6-12(2)10-14/h5-11,13,19H,4H2,1-3H3,(H,18,20,21). The Labute approximate surface area is 125 Å². The van der Waals surface area contributed by atoms with Crippen LogP contribution in [-0.2, 0) is 0 Å². The molecule has 21 heavy (non-hydrogen) atoms. The van der Waals surface area contributed by atoms with Crippen molar-refractivity contribution in [1.82, 2.24) is 4.98 Å². The average molecular weight is 283 g/mol. The molecule has 110 valence electrons. The molecule has 1 atom stereocenters. The van der Waals surface area contributed by atoms with Gasteiger partial charge in [-0.15, -0.1) is 0 Å². The van der Waals surface area contributed by atoms with Gasteiger partial charge < -0.3 is 10.6 Å². The SMILES string of the molecule is CCC(C)Nc1ccc(NC(=O)c2cccc(C)c2)nc1. The zero-order chi connectivity index (χ0) is 15.2. The predicted molar refractivity (Wildman–Crippen MR) is 86.7 cm³/mol. The largest absolute Gasteiger partial charge is 0.381 e. The molecule has 0 radical (unpaired) electrons. The second-order valence-corrected chi connectivity index (χ2v) is 5.21. The van der Waals surface area contributed by atoms with Gasteiger partial charge >= 0.3 is 0 Å². The number of pyridine rings is 1. The first-order chi connectivity index (χ1) is 10.1. The fraction of sp³-hybridized carbons (Fsp3) is 0.294. The number of hydrogen-bond donors (Lipinski definition) is 2. The van der Waals surface area contributed by atoms with Gasteiger partial charge in [-0.2, -0.15) is 0 Å². The van der Waals surface area contributed by atoms with E-state index < -0.39 is 0 Å². The third-order valence-corrected chi connectivity index (χ3v) is 3.31. The molecular weight excluding hydrogens is 262 g/mol. The lowest BCUT2D eigenvalue weighted by Gasteiger charge is -2.13. The number of aryl methyl sites for hydroxylation is 1. The van der Waals surface area contributed by atoms with Gasteiger partial charge in [-0.05, 0) is 44.5 Å². The number of hydrogen-bond acceptors (Lipinski definition) is 3. The fourth-order valence-corrected chi connectivity index (χ4v) is 1.91. The van der Waals surface area contributed by atoms with Crippen LogP contribution in [-0.4, -0.2) is 16.9 Å². The van der Waals surface area contributed by atoms with E-state index in [9.17, 15) is 4.79 Å². The van der Waals surface area contributed by atoms with Gasteiger partial charge in [0, 0.05) is 11.6 Å². The van der Waals surface area contributed by atoms with Crippen LogP contribution in [0, 0.1) is 6.92 Å². The van der Waals surface area contributed by atoms with E-state index in [4.69, 9.17) is 0 Å². The molecule has 4 nitrogen and oxygen atoms in total. The summed E-state index contributed by atoms with van der Waals surface area (Å²) in [6.07, 6.45) is 2.78. The minimum atomic E-state index is -0.145. The third-order valence-electron chi connectivity index (χ3n) is 3.31. The van der Waals surface area contributed by atoms with Gasteiger partial charge in [-0.25, -0.2) is 4.98 Å².